The van der Waals surface area contributed by atoms with E-state index in [0.29, 0.717) is 5.69 Å². The van der Waals surface area contributed by atoms with Crippen molar-refractivity contribution < 1.29 is 4.79 Å². The number of ketones is 1. The lowest BCUT2D eigenvalue weighted by atomic mass is 10.2. The minimum absolute atomic E-state index is 0.0243. The molecule has 1 rings (SSSR count). The van der Waals surface area contributed by atoms with Crippen LogP contribution in [0.15, 0.2) is 18.2 Å². The molecule has 0 aliphatic rings. The van der Waals surface area contributed by atoms with E-state index in [0.717, 1.165) is 5.69 Å². The first-order valence-corrected chi connectivity index (χ1v) is 3.41. The van der Waals surface area contributed by atoms with Crippen LogP contribution in [0.3, 0.4) is 0 Å². The van der Waals surface area contributed by atoms with Crippen LogP contribution in [0.1, 0.15) is 16.2 Å². The van der Waals surface area contributed by atoms with Gasteiger partial charge in [0.25, 0.3) is 0 Å². The summed E-state index contributed by atoms with van der Waals surface area (Å²) in [7, 11) is 0. The highest BCUT2D eigenvalue weighted by Crippen LogP contribution is 1.97. The topological polar surface area (TPSA) is 56.0 Å². The predicted molar refractivity (Wildman–Crippen MR) is 42.4 cm³/mol. The molecule has 0 saturated carbocycles. The smallest absolute Gasteiger partial charge is 0.194 e. The highest BCUT2D eigenvalue weighted by Gasteiger charge is 2.02. The van der Waals surface area contributed by atoms with Crippen LogP contribution < -0.4 is 5.73 Å². The molecule has 58 valence electrons. The van der Waals surface area contributed by atoms with Gasteiger partial charge in [-0.3, -0.25) is 4.79 Å². The summed E-state index contributed by atoms with van der Waals surface area (Å²) in [5.41, 5.74) is 6.45. The number of Topliss-reactive ketones (excluding diaryl/α,β-unsaturated/α-hetero) is 1. The second-order valence-electron chi connectivity index (χ2n) is 2.29. The van der Waals surface area contributed by atoms with Gasteiger partial charge in [0.2, 0.25) is 0 Å². The molecule has 1 aromatic rings. The summed E-state index contributed by atoms with van der Waals surface area (Å²) in [6.07, 6.45) is 0. The van der Waals surface area contributed by atoms with Crippen LogP contribution in [-0.2, 0) is 0 Å². The van der Waals surface area contributed by atoms with Gasteiger partial charge in [-0.25, -0.2) is 4.98 Å². The average molecular weight is 150 g/mol. The van der Waals surface area contributed by atoms with Crippen molar-refractivity contribution in [2.75, 3.05) is 6.54 Å². The molecule has 0 radical (unpaired) electrons. The molecule has 2 N–H and O–H groups in total. The van der Waals surface area contributed by atoms with Gasteiger partial charge in [0.05, 0.1) is 6.54 Å². The van der Waals surface area contributed by atoms with Crippen molar-refractivity contribution in [1.29, 1.82) is 0 Å². The van der Waals surface area contributed by atoms with E-state index in [1.165, 1.54) is 0 Å². The SMILES string of the molecule is Cc1cccc(C(=O)CN)n1. The van der Waals surface area contributed by atoms with E-state index < -0.39 is 0 Å². The van der Waals surface area contributed by atoms with Crippen LogP contribution in [0, 0.1) is 6.92 Å². The fourth-order valence-corrected chi connectivity index (χ4v) is 0.803. The molecule has 0 aliphatic heterocycles. The fourth-order valence-electron chi connectivity index (χ4n) is 0.803. The van der Waals surface area contributed by atoms with Gasteiger partial charge >= 0.3 is 0 Å². The Labute approximate surface area is 65.2 Å². The van der Waals surface area contributed by atoms with Crippen LogP contribution in [0.2, 0.25) is 0 Å². The van der Waals surface area contributed by atoms with Crippen LogP contribution >= 0.6 is 0 Å². The highest BCUT2D eigenvalue weighted by molar-refractivity contribution is 5.95. The van der Waals surface area contributed by atoms with Crippen molar-refractivity contribution in [2.24, 2.45) is 5.73 Å². The third-order valence-electron chi connectivity index (χ3n) is 1.36. The highest BCUT2D eigenvalue weighted by atomic mass is 16.1. The first-order valence-electron chi connectivity index (χ1n) is 3.41. The van der Waals surface area contributed by atoms with Gasteiger partial charge in [-0.05, 0) is 19.1 Å². The van der Waals surface area contributed by atoms with Crippen molar-refractivity contribution >= 4 is 5.78 Å². The zero-order chi connectivity index (χ0) is 8.27. The number of carbonyl (C=O) groups excluding carboxylic acids is 1. The zero-order valence-corrected chi connectivity index (χ0v) is 6.37. The minimum atomic E-state index is -0.117. The Balaban J connectivity index is 2.96. The van der Waals surface area contributed by atoms with E-state index in [-0.39, 0.29) is 12.3 Å². The molecule has 1 heterocycles. The Morgan fingerprint density at radius 3 is 2.91 bits per heavy atom. The maximum absolute atomic E-state index is 11.0. The van der Waals surface area contributed by atoms with E-state index >= 15 is 0 Å². The molecule has 0 atom stereocenters. The Morgan fingerprint density at radius 1 is 1.64 bits per heavy atom. The van der Waals surface area contributed by atoms with Gasteiger partial charge < -0.3 is 5.73 Å². The lowest BCUT2D eigenvalue weighted by molar-refractivity contribution is 0.0996. The van der Waals surface area contributed by atoms with E-state index in [2.05, 4.69) is 4.98 Å². The Bertz CT molecular complexity index is 271. The Hall–Kier alpha value is -1.22. The number of rotatable bonds is 2. The molecule has 3 nitrogen and oxygen atoms in total. The molecular formula is C8H10N2O. The molecule has 1 aromatic heterocycles. The molecule has 0 fully saturated rings. The van der Waals surface area contributed by atoms with Crippen LogP contribution in [0.25, 0.3) is 0 Å². The van der Waals surface area contributed by atoms with Crippen LogP contribution in [0.5, 0.6) is 0 Å². The first-order chi connectivity index (χ1) is 5.24. The third kappa shape index (κ3) is 1.85. The van der Waals surface area contributed by atoms with Gasteiger partial charge in [-0.2, -0.15) is 0 Å². The number of hydrogen-bond donors (Lipinski definition) is 1. The Kier molecular flexibility index (Phi) is 2.33. The molecule has 0 saturated heterocycles. The quantitative estimate of drug-likeness (QED) is 0.626. The van der Waals surface area contributed by atoms with E-state index in [9.17, 15) is 4.79 Å². The number of hydrogen-bond acceptors (Lipinski definition) is 3. The summed E-state index contributed by atoms with van der Waals surface area (Å²) < 4.78 is 0. The van der Waals surface area contributed by atoms with Crippen molar-refractivity contribution in [3.63, 3.8) is 0 Å². The third-order valence-corrected chi connectivity index (χ3v) is 1.36. The molecule has 0 spiro atoms. The largest absolute Gasteiger partial charge is 0.324 e. The van der Waals surface area contributed by atoms with Crippen molar-refractivity contribution in [3.05, 3.63) is 29.6 Å². The standard InChI is InChI=1S/C8H10N2O/c1-6-3-2-4-7(10-6)8(11)5-9/h2-4H,5,9H2,1H3. The molecule has 0 aliphatic carbocycles. The molecule has 0 aromatic carbocycles. The Morgan fingerprint density at radius 2 is 2.36 bits per heavy atom. The number of nitrogens with zero attached hydrogens (tertiary/aromatic N) is 1. The average Bonchev–Trinajstić information content (AvgIpc) is 2.03. The van der Waals surface area contributed by atoms with Gasteiger partial charge in [-0.1, -0.05) is 6.07 Å². The van der Waals surface area contributed by atoms with Crippen molar-refractivity contribution in [1.82, 2.24) is 4.98 Å². The number of aryl methyl sites for hydroxylation is 1. The summed E-state index contributed by atoms with van der Waals surface area (Å²) >= 11 is 0. The van der Waals surface area contributed by atoms with Crippen molar-refractivity contribution in [3.8, 4) is 0 Å². The monoisotopic (exact) mass is 150 g/mol. The second kappa shape index (κ2) is 3.25. The minimum Gasteiger partial charge on any atom is -0.324 e. The van der Waals surface area contributed by atoms with Gasteiger partial charge in [0.1, 0.15) is 5.69 Å². The second-order valence-corrected chi connectivity index (χ2v) is 2.29. The van der Waals surface area contributed by atoms with Crippen LogP contribution in [0.4, 0.5) is 0 Å². The fraction of sp³-hybridized carbons (Fsp3) is 0.250. The summed E-state index contributed by atoms with van der Waals surface area (Å²) in [5, 5.41) is 0. The first kappa shape index (κ1) is 7.88. The van der Waals surface area contributed by atoms with Gasteiger partial charge in [0.15, 0.2) is 5.78 Å². The number of pyridine rings is 1. The predicted octanol–water partition coefficient (Wildman–Crippen LogP) is 0.531. The molecular weight excluding hydrogens is 140 g/mol. The molecule has 0 bridgehead atoms. The molecule has 0 amide bonds. The van der Waals surface area contributed by atoms with Crippen LogP contribution in [-0.4, -0.2) is 17.3 Å². The number of carbonyl (C=O) groups is 1. The summed E-state index contributed by atoms with van der Waals surface area (Å²) in [6, 6.07) is 5.31. The maximum Gasteiger partial charge on any atom is 0.194 e. The normalized spacial score (nSPS) is 9.64. The molecule has 3 heteroatoms. The summed E-state index contributed by atoms with van der Waals surface area (Å²) in [4.78, 5) is 15.0. The lowest BCUT2D eigenvalue weighted by Crippen LogP contribution is -2.15. The molecule has 11 heavy (non-hydrogen) atoms. The van der Waals surface area contributed by atoms with Gasteiger partial charge in [-0.15, -0.1) is 0 Å². The van der Waals surface area contributed by atoms with Gasteiger partial charge in [0, 0.05) is 5.69 Å². The zero-order valence-electron chi connectivity index (χ0n) is 6.37. The number of aromatic nitrogens is 1. The summed E-state index contributed by atoms with van der Waals surface area (Å²) in [6.45, 7) is 1.86. The molecule has 0 unspecified atom stereocenters. The maximum atomic E-state index is 11.0. The van der Waals surface area contributed by atoms with E-state index in [1.54, 1.807) is 12.1 Å². The lowest BCUT2D eigenvalue weighted by Gasteiger charge is -1.96. The summed E-state index contributed by atoms with van der Waals surface area (Å²) in [5.74, 6) is -0.117. The van der Waals surface area contributed by atoms with E-state index in [1.807, 2.05) is 13.0 Å². The van der Waals surface area contributed by atoms with E-state index in [4.69, 9.17) is 5.73 Å². The number of nitrogens with two attached hydrogens (primary N) is 1. The van der Waals surface area contributed by atoms with Crippen molar-refractivity contribution in [2.45, 2.75) is 6.92 Å².